The summed E-state index contributed by atoms with van der Waals surface area (Å²) in [5, 5.41) is 0. The molecule has 0 fully saturated rings. The molecular formula is C13H14F2N2O. The molecule has 0 radical (unpaired) electrons. The molecule has 1 aromatic heterocycles. The lowest BCUT2D eigenvalue weighted by atomic mass is 9.98. The van der Waals surface area contributed by atoms with Crippen molar-refractivity contribution in [3.8, 4) is 0 Å². The van der Waals surface area contributed by atoms with Gasteiger partial charge in [0.2, 0.25) is 0 Å². The average molecular weight is 252 g/mol. The van der Waals surface area contributed by atoms with Gasteiger partial charge in [-0.1, -0.05) is 6.07 Å². The van der Waals surface area contributed by atoms with E-state index in [2.05, 4.69) is 5.43 Å². The van der Waals surface area contributed by atoms with Crippen LogP contribution >= 0.6 is 0 Å². The maximum Gasteiger partial charge on any atom is 0.131 e. The van der Waals surface area contributed by atoms with Crippen LogP contribution in [0.25, 0.3) is 0 Å². The molecule has 1 atom stereocenters. The van der Waals surface area contributed by atoms with Gasteiger partial charge in [0.15, 0.2) is 0 Å². The summed E-state index contributed by atoms with van der Waals surface area (Å²) in [6.07, 6.45) is 0. The second-order valence-electron chi connectivity index (χ2n) is 4.10. The van der Waals surface area contributed by atoms with E-state index in [4.69, 9.17) is 10.3 Å². The topological polar surface area (TPSA) is 51.2 Å². The fourth-order valence-electron chi connectivity index (χ4n) is 2.05. The first-order valence-electron chi connectivity index (χ1n) is 5.51. The fourth-order valence-corrected chi connectivity index (χ4v) is 2.05. The SMILES string of the molecule is Cc1cc(C(NN)c2c(F)cccc2F)c(C)o1. The van der Waals surface area contributed by atoms with Crippen molar-refractivity contribution in [1.29, 1.82) is 0 Å². The Labute approximate surface area is 104 Å². The summed E-state index contributed by atoms with van der Waals surface area (Å²) in [4.78, 5) is 0. The Morgan fingerprint density at radius 2 is 1.83 bits per heavy atom. The van der Waals surface area contributed by atoms with E-state index < -0.39 is 17.7 Å². The molecule has 0 aliphatic rings. The smallest absolute Gasteiger partial charge is 0.131 e. The van der Waals surface area contributed by atoms with Crippen molar-refractivity contribution in [2.24, 2.45) is 5.84 Å². The number of nitrogens with two attached hydrogens (primary N) is 1. The molecule has 0 saturated heterocycles. The maximum atomic E-state index is 13.7. The van der Waals surface area contributed by atoms with Crippen LogP contribution in [-0.4, -0.2) is 0 Å². The molecule has 2 rings (SSSR count). The Morgan fingerprint density at radius 1 is 1.22 bits per heavy atom. The summed E-state index contributed by atoms with van der Waals surface area (Å²) in [7, 11) is 0. The quantitative estimate of drug-likeness (QED) is 0.652. The number of aryl methyl sites for hydroxylation is 2. The molecule has 0 spiro atoms. The van der Waals surface area contributed by atoms with Crippen LogP contribution in [0.15, 0.2) is 28.7 Å². The van der Waals surface area contributed by atoms with Crippen LogP contribution in [0.2, 0.25) is 0 Å². The molecule has 1 unspecified atom stereocenters. The van der Waals surface area contributed by atoms with E-state index in [-0.39, 0.29) is 5.56 Å². The highest BCUT2D eigenvalue weighted by Crippen LogP contribution is 2.30. The molecule has 0 bridgehead atoms. The molecule has 1 heterocycles. The summed E-state index contributed by atoms with van der Waals surface area (Å²) in [6.45, 7) is 3.49. The number of nitrogens with one attached hydrogen (secondary N) is 1. The first-order valence-corrected chi connectivity index (χ1v) is 5.51. The second-order valence-corrected chi connectivity index (χ2v) is 4.10. The van der Waals surface area contributed by atoms with Crippen molar-refractivity contribution < 1.29 is 13.2 Å². The van der Waals surface area contributed by atoms with E-state index in [0.29, 0.717) is 17.1 Å². The molecule has 96 valence electrons. The molecule has 2 aromatic rings. The van der Waals surface area contributed by atoms with Gasteiger partial charge in [-0.25, -0.2) is 14.2 Å². The van der Waals surface area contributed by atoms with Crippen LogP contribution in [0.1, 0.15) is 28.7 Å². The zero-order chi connectivity index (χ0) is 13.3. The highest BCUT2D eigenvalue weighted by molar-refractivity contribution is 5.35. The minimum Gasteiger partial charge on any atom is -0.466 e. The van der Waals surface area contributed by atoms with E-state index in [0.717, 1.165) is 0 Å². The highest BCUT2D eigenvalue weighted by Gasteiger charge is 2.24. The molecule has 0 amide bonds. The molecule has 3 N–H and O–H groups in total. The van der Waals surface area contributed by atoms with Crippen molar-refractivity contribution in [3.05, 3.63) is 58.5 Å². The van der Waals surface area contributed by atoms with Gasteiger partial charge in [-0.3, -0.25) is 5.84 Å². The number of benzene rings is 1. The Hall–Kier alpha value is -1.72. The molecule has 1 aromatic carbocycles. The lowest BCUT2D eigenvalue weighted by molar-refractivity contribution is 0.483. The van der Waals surface area contributed by atoms with Crippen molar-refractivity contribution in [2.75, 3.05) is 0 Å². The highest BCUT2D eigenvalue weighted by atomic mass is 19.1. The van der Waals surface area contributed by atoms with Gasteiger partial charge in [-0.2, -0.15) is 0 Å². The summed E-state index contributed by atoms with van der Waals surface area (Å²) in [5.41, 5.74) is 2.95. The molecule has 0 aliphatic heterocycles. The predicted octanol–water partition coefficient (Wildman–Crippen LogP) is 2.73. The molecule has 18 heavy (non-hydrogen) atoms. The fraction of sp³-hybridized carbons (Fsp3) is 0.231. The molecule has 0 saturated carbocycles. The van der Waals surface area contributed by atoms with Gasteiger partial charge >= 0.3 is 0 Å². The van der Waals surface area contributed by atoms with Gasteiger partial charge in [0.1, 0.15) is 23.2 Å². The Kier molecular flexibility index (Phi) is 3.45. The number of hydrazine groups is 1. The van der Waals surface area contributed by atoms with Gasteiger partial charge in [0.05, 0.1) is 6.04 Å². The van der Waals surface area contributed by atoms with E-state index in [1.807, 2.05) is 0 Å². The Balaban J connectivity index is 2.55. The first-order chi connectivity index (χ1) is 8.54. The van der Waals surface area contributed by atoms with Gasteiger partial charge in [-0.05, 0) is 32.0 Å². The largest absolute Gasteiger partial charge is 0.466 e. The third-order valence-corrected chi connectivity index (χ3v) is 2.85. The van der Waals surface area contributed by atoms with Crippen molar-refractivity contribution >= 4 is 0 Å². The zero-order valence-electron chi connectivity index (χ0n) is 10.1. The molecule has 0 aliphatic carbocycles. The number of halogens is 2. The number of hydrogen-bond donors (Lipinski definition) is 2. The maximum absolute atomic E-state index is 13.7. The molecule has 3 nitrogen and oxygen atoms in total. The average Bonchev–Trinajstić information content (AvgIpc) is 2.63. The zero-order valence-corrected chi connectivity index (χ0v) is 10.1. The number of furan rings is 1. The van der Waals surface area contributed by atoms with Gasteiger partial charge in [0.25, 0.3) is 0 Å². The van der Waals surface area contributed by atoms with Crippen molar-refractivity contribution in [1.82, 2.24) is 5.43 Å². The number of rotatable bonds is 3. The predicted molar refractivity (Wildman–Crippen MR) is 63.7 cm³/mol. The van der Waals surface area contributed by atoms with Crippen LogP contribution in [0.3, 0.4) is 0 Å². The first kappa shape index (κ1) is 12.7. The van der Waals surface area contributed by atoms with Crippen LogP contribution in [0.4, 0.5) is 8.78 Å². The van der Waals surface area contributed by atoms with Gasteiger partial charge in [-0.15, -0.1) is 0 Å². The van der Waals surface area contributed by atoms with Crippen molar-refractivity contribution in [3.63, 3.8) is 0 Å². The van der Waals surface area contributed by atoms with Gasteiger partial charge < -0.3 is 4.42 Å². The van der Waals surface area contributed by atoms with Crippen LogP contribution in [0, 0.1) is 25.5 Å². The van der Waals surface area contributed by atoms with Crippen LogP contribution in [0.5, 0.6) is 0 Å². The summed E-state index contributed by atoms with van der Waals surface area (Å²) in [6, 6.07) is 4.65. The van der Waals surface area contributed by atoms with Crippen molar-refractivity contribution in [2.45, 2.75) is 19.9 Å². The minimum absolute atomic E-state index is 0.107. The van der Waals surface area contributed by atoms with Crippen LogP contribution in [-0.2, 0) is 0 Å². The third-order valence-electron chi connectivity index (χ3n) is 2.85. The lowest BCUT2D eigenvalue weighted by Crippen LogP contribution is -2.30. The van der Waals surface area contributed by atoms with Crippen LogP contribution < -0.4 is 11.3 Å². The molecule has 5 heteroatoms. The van der Waals surface area contributed by atoms with E-state index in [1.165, 1.54) is 18.2 Å². The third kappa shape index (κ3) is 2.14. The Morgan fingerprint density at radius 3 is 2.28 bits per heavy atom. The van der Waals surface area contributed by atoms with E-state index in [1.54, 1.807) is 19.9 Å². The minimum atomic E-state index is -0.774. The number of hydrogen-bond acceptors (Lipinski definition) is 3. The standard InChI is InChI=1S/C13H14F2N2O/c1-7-6-9(8(2)18-7)13(17-16)12-10(14)4-3-5-11(12)15/h3-6,13,17H,16H2,1-2H3. The monoisotopic (exact) mass is 252 g/mol. The Bertz CT molecular complexity index is 546. The summed E-state index contributed by atoms with van der Waals surface area (Å²) in [5.74, 6) is 5.39. The van der Waals surface area contributed by atoms with E-state index >= 15 is 0 Å². The lowest BCUT2D eigenvalue weighted by Gasteiger charge is -2.17. The summed E-state index contributed by atoms with van der Waals surface area (Å²) >= 11 is 0. The summed E-state index contributed by atoms with van der Waals surface area (Å²) < 4.78 is 32.8. The second kappa shape index (κ2) is 4.88. The van der Waals surface area contributed by atoms with Gasteiger partial charge in [0, 0.05) is 11.1 Å². The normalized spacial score (nSPS) is 12.7. The van der Waals surface area contributed by atoms with E-state index in [9.17, 15) is 8.78 Å². The molecular weight excluding hydrogens is 238 g/mol.